The summed E-state index contributed by atoms with van der Waals surface area (Å²) < 4.78 is 0. The number of aromatic amines is 1. The van der Waals surface area contributed by atoms with Crippen LogP contribution in [0.15, 0.2) is 30.5 Å². The molecular weight excluding hydrogens is 314 g/mol. The van der Waals surface area contributed by atoms with E-state index in [1.54, 1.807) is 0 Å². The number of fused-ring (bicyclic) bond motifs is 2. The van der Waals surface area contributed by atoms with Crippen molar-refractivity contribution in [2.45, 2.75) is 31.8 Å². The summed E-state index contributed by atoms with van der Waals surface area (Å²) in [7, 11) is 2.10. The third-order valence-electron chi connectivity index (χ3n) is 5.66. The second-order valence-corrected chi connectivity index (χ2v) is 7.23. The zero-order valence-corrected chi connectivity index (χ0v) is 14.7. The van der Waals surface area contributed by atoms with E-state index in [-0.39, 0.29) is 24.5 Å². The second kappa shape index (κ2) is 6.32. The van der Waals surface area contributed by atoms with Crippen LogP contribution in [0.2, 0.25) is 0 Å². The van der Waals surface area contributed by atoms with Crippen LogP contribution >= 0.6 is 0 Å². The topological polar surface area (TPSA) is 68.4 Å². The van der Waals surface area contributed by atoms with Gasteiger partial charge in [-0.25, -0.2) is 0 Å². The molecule has 2 aliphatic rings. The molecule has 1 aliphatic carbocycles. The third kappa shape index (κ3) is 2.68. The number of likely N-dealkylation sites (N-methyl/N-ethyl adjacent to an activating group) is 1. The van der Waals surface area contributed by atoms with Crippen LogP contribution in [0.25, 0.3) is 16.5 Å². The summed E-state index contributed by atoms with van der Waals surface area (Å²) >= 11 is 0. The maximum absolute atomic E-state index is 12.7. The first kappa shape index (κ1) is 16.4. The van der Waals surface area contributed by atoms with E-state index in [2.05, 4.69) is 52.7 Å². The molecular formula is C20H25N3O2. The molecule has 4 rings (SSSR count). The average molecular weight is 339 g/mol. The Hall–Kier alpha value is -2.11. The Morgan fingerprint density at radius 2 is 2.32 bits per heavy atom. The molecule has 2 unspecified atom stereocenters. The summed E-state index contributed by atoms with van der Waals surface area (Å²) in [4.78, 5) is 18.3. The van der Waals surface area contributed by atoms with Gasteiger partial charge in [0.25, 0.3) is 0 Å². The van der Waals surface area contributed by atoms with E-state index in [1.165, 1.54) is 22.1 Å². The van der Waals surface area contributed by atoms with Gasteiger partial charge >= 0.3 is 0 Å². The molecule has 0 spiro atoms. The molecule has 2 aromatic rings. The molecule has 1 aliphatic heterocycles. The van der Waals surface area contributed by atoms with Crippen molar-refractivity contribution in [1.82, 2.24) is 15.2 Å². The summed E-state index contributed by atoms with van der Waals surface area (Å²) in [5, 5.41) is 13.6. The third-order valence-corrected chi connectivity index (χ3v) is 5.66. The normalized spacial score (nSPS) is 23.9. The van der Waals surface area contributed by atoms with Crippen molar-refractivity contribution in [1.29, 1.82) is 0 Å². The molecule has 0 radical (unpaired) electrons. The summed E-state index contributed by atoms with van der Waals surface area (Å²) in [6.45, 7) is 2.66. The molecule has 0 bridgehead atoms. The van der Waals surface area contributed by atoms with E-state index < -0.39 is 0 Å². The maximum Gasteiger partial charge on any atom is 0.228 e. The number of H-pyrrole nitrogens is 1. The lowest BCUT2D eigenvalue weighted by molar-refractivity contribution is -0.125. The molecule has 132 valence electrons. The Morgan fingerprint density at radius 1 is 1.48 bits per heavy atom. The second-order valence-electron chi connectivity index (χ2n) is 7.23. The molecule has 25 heavy (non-hydrogen) atoms. The molecule has 3 atom stereocenters. The van der Waals surface area contributed by atoms with E-state index in [0.29, 0.717) is 12.6 Å². The summed E-state index contributed by atoms with van der Waals surface area (Å²) in [6, 6.07) is 6.49. The summed E-state index contributed by atoms with van der Waals surface area (Å²) in [5.74, 6) is -0.182. The number of aliphatic hydroxyl groups excluding tert-OH is 1. The first-order valence-electron chi connectivity index (χ1n) is 9.05. The van der Waals surface area contributed by atoms with E-state index in [9.17, 15) is 9.90 Å². The van der Waals surface area contributed by atoms with E-state index in [1.807, 2.05) is 6.92 Å². The molecule has 0 saturated heterocycles. The predicted octanol–water partition coefficient (Wildman–Crippen LogP) is 1.92. The van der Waals surface area contributed by atoms with Gasteiger partial charge in [0.15, 0.2) is 0 Å². The Balaban J connectivity index is 1.71. The smallest absolute Gasteiger partial charge is 0.228 e. The van der Waals surface area contributed by atoms with Crippen molar-refractivity contribution in [3.63, 3.8) is 0 Å². The highest BCUT2D eigenvalue weighted by Crippen LogP contribution is 2.40. The first-order chi connectivity index (χ1) is 12.1. The van der Waals surface area contributed by atoms with Gasteiger partial charge in [-0.2, -0.15) is 0 Å². The Morgan fingerprint density at radius 3 is 3.08 bits per heavy atom. The van der Waals surface area contributed by atoms with Crippen LogP contribution < -0.4 is 5.32 Å². The Labute approximate surface area is 147 Å². The number of nitrogens with one attached hydrogen (secondary N) is 2. The SMILES string of the molecule is CCC(CO)NC(=O)[C@@H]1C=C2c3cccc4[nH]cc(c34)CC2N(C)C1. The number of carbonyl (C=O) groups is 1. The minimum Gasteiger partial charge on any atom is -0.394 e. The minimum absolute atomic E-state index is 0.00532. The summed E-state index contributed by atoms with van der Waals surface area (Å²) in [5.41, 5.74) is 5.01. The number of benzene rings is 1. The lowest BCUT2D eigenvalue weighted by atomic mass is 9.80. The van der Waals surface area contributed by atoms with Crippen molar-refractivity contribution < 1.29 is 9.90 Å². The van der Waals surface area contributed by atoms with Crippen molar-refractivity contribution in [3.05, 3.63) is 41.6 Å². The molecule has 2 heterocycles. The number of hydrogen-bond donors (Lipinski definition) is 3. The van der Waals surface area contributed by atoms with Crippen LogP contribution in [0.5, 0.6) is 0 Å². The van der Waals surface area contributed by atoms with Gasteiger partial charge in [-0.3, -0.25) is 9.69 Å². The van der Waals surface area contributed by atoms with Crippen LogP contribution in [0.4, 0.5) is 0 Å². The number of nitrogens with zero attached hydrogens (tertiary/aromatic N) is 1. The largest absolute Gasteiger partial charge is 0.394 e. The molecule has 3 N–H and O–H groups in total. The number of hydrogen-bond acceptors (Lipinski definition) is 3. The lowest BCUT2D eigenvalue weighted by Gasteiger charge is -2.39. The number of carbonyl (C=O) groups excluding carboxylic acids is 1. The zero-order valence-electron chi connectivity index (χ0n) is 14.7. The fourth-order valence-electron chi connectivity index (χ4n) is 4.20. The van der Waals surface area contributed by atoms with Crippen LogP contribution in [-0.4, -0.2) is 53.2 Å². The standard InChI is InChI=1S/C20H25N3O2/c1-3-14(11-24)22-20(25)13-7-16-15-5-4-6-17-19(15)12(9-21-17)8-18(16)23(2)10-13/h4-7,9,13-14,18,21,24H,3,8,10-11H2,1-2H3,(H,22,25)/t13-,14?,18?/m1/s1. The highest BCUT2D eigenvalue weighted by Gasteiger charge is 2.35. The number of amides is 1. The molecule has 1 amide bonds. The van der Waals surface area contributed by atoms with Gasteiger partial charge in [-0.15, -0.1) is 0 Å². The summed E-state index contributed by atoms with van der Waals surface area (Å²) in [6.07, 6.45) is 5.97. The minimum atomic E-state index is -0.187. The predicted molar refractivity (Wildman–Crippen MR) is 99.2 cm³/mol. The van der Waals surface area contributed by atoms with Crippen molar-refractivity contribution in [3.8, 4) is 0 Å². The van der Waals surface area contributed by atoms with E-state index >= 15 is 0 Å². The maximum atomic E-state index is 12.7. The quantitative estimate of drug-likeness (QED) is 0.797. The van der Waals surface area contributed by atoms with Crippen LogP contribution in [0.3, 0.4) is 0 Å². The van der Waals surface area contributed by atoms with Crippen molar-refractivity contribution in [2.75, 3.05) is 20.2 Å². The van der Waals surface area contributed by atoms with Gasteiger partial charge in [0.2, 0.25) is 5.91 Å². The van der Waals surface area contributed by atoms with Gasteiger partial charge in [0, 0.05) is 29.7 Å². The lowest BCUT2D eigenvalue weighted by Crippen LogP contribution is -2.48. The van der Waals surface area contributed by atoms with Crippen molar-refractivity contribution in [2.24, 2.45) is 5.92 Å². The highest BCUT2D eigenvalue weighted by molar-refractivity contribution is 5.99. The van der Waals surface area contributed by atoms with Gasteiger partial charge in [0.1, 0.15) is 0 Å². The van der Waals surface area contributed by atoms with Gasteiger partial charge in [0.05, 0.1) is 18.6 Å². The van der Waals surface area contributed by atoms with Crippen molar-refractivity contribution >= 4 is 22.4 Å². The van der Waals surface area contributed by atoms with Crippen LogP contribution in [0.1, 0.15) is 24.5 Å². The average Bonchev–Trinajstić information content (AvgIpc) is 3.04. The molecule has 5 nitrogen and oxygen atoms in total. The van der Waals surface area contributed by atoms with E-state index in [4.69, 9.17) is 0 Å². The molecule has 0 saturated carbocycles. The zero-order chi connectivity index (χ0) is 17.6. The van der Waals surface area contributed by atoms with Crippen LogP contribution in [0, 0.1) is 5.92 Å². The van der Waals surface area contributed by atoms with Crippen LogP contribution in [-0.2, 0) is 11.2 Å². The molecule has 1 aromatic carbocycles. The first-order valence-corrected chi connectivity index (χ1v) is 9.05. The van der Waals surface area contributed by atoms with E-state index in [0.717, 1.165) is 18.4 Å². The monoisotopic (exact) mass is 339 g/mol. The fourth-order valence-corrected chi connectivity index (χ4v) is 4.20. The van der Waals surface area contributed by atoms with Gasteiger partial charge in [-0.1, -0.05) is 25.1 Å². The number of rotatable bonds is 4. The van der Waals surface area contributed by atoms with Gasteiger partial charge in [-0.05, 0) is 42.7 Å². The van der Waals surface area contributed by atoms with Gasteiger partial charge < -0.3 is 15.4 Å². The Kier molecular flexibility index (Phi) is 4.13. The number of aliphatic hydroxyl groups is 1. The molecule has 5 heteroatoms. The Bertz CT molecular complexity index is 835. The number of aromatic nitrogens is 1. The fraction of sp³-hybridized carbons (Fsp3) is 0.450. The molecule has 1 aromatic heterocycles. The highest BCUT2D eigenvalue weighted by atomic mass is 16.3. The molecule has 0 fully saturated rings.